The molecule has 1 aliphatic heterocycles. The summed E-state index contributed by atoms with van der Waals surface area (Å²) in [7, 11) is 1.61. The van der Waals surface area contributed by atoms with Crippen LogP contribution >= 0.6 is 11.3 Å². The van der Waals surface area contributed by atoms with Crippen LogP contribution in [0, 0.1) is 0 Å². The highest BCUT2D eigenvalue weighted by molar-refractivity contribution is 7.11. The van der Waals surface area contributed by atoms with Gasteiger partial charge in [0.1, 0.15) is 15.8 Å². The van der Waals surface area contributed by atoms with E-state index in [0.29, 0.717) is 23.3 Å². The van der Waals surface area contributed by atoms with Crippen LogP contribution < -0.4 is 10.1 Å². The van der Waals surface area contributed by atoms with Crippen molar-refractivity contribution >= 4 is 23.1 Å². The highest BCUT2D eigenvalue weighted by Gasteiger charge is 2.30. The van der Waals surface area contributed by atoms with Gasteiger partial charge in [0.05, 0.1) is 12.8 Å². The Morgan fingerprint density at radius 2 is 1.76 bits per heavy atom. The highest BCUT2D eigenvalue weighted by Crippen LogP contribution is 2.43. The number of benzene rings is 1. The maximum absolute atomic E-state index is 12.5. The summed E-state index contributed by atoms with van der Waals surface area (Å²) >= 11 is 1.77. The van der Waals surface area contributed by atoms with Gasteiger partial charge in [-0.3, -0.25) is 0 Å². The number of rotatable bonds is 4. The third kappa shape index (κ3) is 3.61. The SMILES string of the molecule is COc1ccccc1NC(=O)N1CCC(c2nnc(C3CC3)s2)CC1. The second kappa shape index (κ2) is 7.00. The molecule has 1 aliphatic carbocycles. The lowest BCUT2D eigenvalue weighted by Gasteiger charge is -2.31. The third-order valence-electron chi connectivity index (χ3n) is 4.86. The number of carbonyl (C=O) groups is 1. The van der Waals surface area contributed by atoms with Gasteiger partial charge in [-0.25, -0.2) is 4.79 Å². The van der Waals surface area contributed by atoms with Crippen molar-refractivity contribution in [1.82, 2.24) is 15.1 Å². The van der Waals surface area contributed by atoms with Crippen LogP contribution in [0.25, 0.3) is 0 Å². The number of hydrogen-bond donors (Lipinski definition) is 1. The fourth-order valence-corrected chi connectivity index (χ4v) is 4.36. The zero-order chi connectivity index (χ0) is 17.2. The van der Waals surface area contributed by atoms with E-state index in [1.807, 2.05) is 29.2 Å². The Morgan fingerprint density at radius 1 is 1.12 bits per heavy atom. The lowest BCUT2D eigenvalue weighted by Crippen LogP contribution is -2.40. The topological polar surface area (TPSA) is 67.3 Å². The van der Waals surface area contributed by atoms with Crippen LogP contribution in [0.3, 0.4) is 0 Å². The summed E-state index contributed by atoms with van der Waals surface area (Å²) in [6, 6.07) is 7.40. The van der Waals surface area contributed by atoms with Gasteiger partial charge in [0.15, 0.2) is 0 Å². The van der Waals surface area contributed by atoms with Crippen LogP contribution in [-0.2, 0) is 0 Å². The summed E-state index contributed by atoms with van der Waals surface area (Å²) in [6.45, 7) is 1.48. The molecule has 25 heavy (non-hydrogen) atoms. The van der Waals surface area contributed by atoms with E-state index in [1.54, 1.807) is 18.4 Å². The quantitative estimate of drug-likeness (QED) is 0.902. The Kier molecular flexibility index (Phi) is 4.57. The lowest BCUT2D eigenvalue weighted by atomic mass is 9.98. The predicted molar refractivity (Wildman–Crippen MR) is 97.4 cm³/mol. The first kappa shape index (κ1) is 16.3. The van der Waals surface area contributed by atoms with E-state index in [1.165, 1.54) is 17.8 Å². The maximum Gasteiger partial charge on any atom is 0.321 e. The molecule has 0 bridgehead atoms. The predicted octanol–water partition coefficient (Wildman–Crippen LogP) is 3.84. The van der Waals surface area contributed by atoms with E-state index >= 15 is 0 Å². The van der Waals surface area contributed by atoms with Gasteiger partial charge in [-0.15, -0.1) is 21.5 Å². The minimum atomic E-state index is -0.0705. The van der Waals surface area contributed by atoms with Gasteiger partial charge < -0.3 is 15.0 Å². The molecule has 2 aliphatic rings. The normalized spacial score (nSPS) is 18.2. The number of carbonyl (C=O) groups excluding carboxylic acids is 1. The molecule has 0 atom stereocenters. The smallest absolute Gasteiger partial charge is 0.321 e. The molecule has 0 spiro atoms. The van der Waals surface area contributed by atoms with E-state index in [2.05, 4.69) is 15.5 Å². The average Bonchev–Trinajstić information content (AvgIpc) is 3.39. The second-order valence-corrected chi connectivity index (χ2v) is 7.69. The summed E-state index contributed by atoms with van der Waals surface area (Å²) in [5.41, 5.74) is 0.704. The molecule has 1 aromatic heterocycles. The molecule has 7 heteroatoms. The number of piperidine rings is 1. The van der Waals surface area contributed by atoms with Crippen LogP contribution in [0.5, 0.6) is 5.75 Å². The van der Waals surface area contributed by atoms with Crippen LogP contribution in [0.1, 0.15) is 47.5 Å². The van der Waals surface area contributed by atoms with Crippen LogP contribution in [0.15, 0.2) is 24.3 Å². The first-order valence-electron chi connectivity index (χ1n) is 8.77. The van der Waals surface area contributed by atoms with E-state index in [9.17, 15) is 4.79 Å². The van der Waals surface area contributed by atoms with Crippen molar-refractivity contribution in [3.8, 4) is 5.75 Å². The number of para-hydroxylation sites is 2. The van der Waals surface area contributed by atoms with E-state index < -0.39 is 0 Å². The molecule has 1 saturated heterocycles. The number of nitrogens with one attached hydrogen (secondary N) is 1. The fraction of sp³-hybridized carbons (Fsp3) is 0.500. The molecular formula is C18H22N4O2S. The van der Waals surface area contributed by atoms with Crippen molar-refractivity contribution in [2.75, 3.05) is 25.5 Å². The number of likely N-dealkylation sites (tertiary alicyclic amines) is 1. The first-order chi connectivity index (χ1) is 12.2. The van der Waals surface area contributed by atoms with Crippen LogP contribution in [-0.4, -0.2) is 41.3 Å². The molecule has 1 saturated carbocycles. The second-order valence-electron chi connectivity index (χ2n) is 6.64. The molecule has 2 amide bonds. The largest absolute Gasteiger partial charge is 0.495 e. The van der Waals surface area contributed by atoms with Crippen molar-refractivity contribution in [2.24, 2.45) is 0 Å². The number of hydrogen-bond acceptors (Lipinski definition) is 5. The van der Waals surface area contributed by atoms with Gasteiger partial charge in [-0.1, -0.05) is 12.1 Å². The molecule has 2 fully saturated rings. The monoisotopic (exact) mass is 358 g/mol. The Morgan fingerprint density at radius 3 is 2.40 bits per heavy atom. The van der Waals surface area contributed by atoms with Gasteiger partial charge in [-0.05, 0) is 37.8 Å². The number of nitrogens with zero attached hydrogens (tertiary/aromatic N) is 3. The third-order valence-corrected chi connectivity index (χ3v) is 6.11. The molecule has 1 aromatic carbocycles. The van der Waals surface area contributed by atoms with Gasteiger partial charge in [0, 0.05) is 24.9 Å². The highest BCUT2D eigenvalue weighted by atomic mass is 32.1. The summed E-state index contributed by atoms with van der Waals surface area (Å²) in [4.78, 5) is 14.4. The molecule has 0 radical (unpaired) electrons. The molecule has 6 nitrogen and oxygen atoms in total. The lowest BCUT2D eigenvalue weighted by molar-refractivity contribution is 0.194. The van der Waals surface area contributed by atoms with Gasteiger partial charge in [0.25, 0.3) is 0 Å². The molecular weight excluding hydrogens is 336 g/mol. The van der Waals surface area contributed by atoms with E-state index in [0.717, 1.165) is 30.9 Å². The van der Waals surface area contributed by atoms with E-state index in [4.69, 9.17) is 4.74 Å². The van der Waals surface area contributed by atoms with E-state index in [-0.39, 0.29) is 6.03 Å². The minimum Gasteiger partial charge on any atom is -0.495 e. The molecule has 2 heterocycles. The van der Waals surface area contributed by atoms with Crippen molar-refractivity contribution < 1.29 is 9.53 Å². The maximum atomic E-state index is 12.5. The number of methoxy groups -OCH3 is 1. The van der Waals surface area contributed by atoms with Crippen molar-refractivity contribution in [2.45, 2.75) is 37.5 Å². The van der Waals surface area contributed by atoms with Crippen molar-refractivity contribution in [1.29, 1.82) is 0 Å². The summed E-state index contributed by atoms with van der Waals surface area (Å²) in [5, 5.41) is 14.0. The first-order valence-corrected chi connectivity index (χ1v) is 9.58. The number of anilines is 1. The number of aromatic nitrogens is 2. The Hall–Kier alpha value is -2.15. The van der Waals surface area contributed by atoms with Crippen LogP contribution in [0.2, 0.25) is 0 Å². The summed E-state index contributed by atoms with van der Waals surface area (Å²) < 4.78 is 5.29. The number of ether oxygens (including phenoxy) is 1. The van der Waals surface area contributed by atoms with Gasteiger partial charge in [-0.2, -0.15) is 0 Å². The van der Waals surface area contributed by atoms with Gasteiger partial charge in [0.2, 0.25) is 0 Å². The molecule has 2 aromatic rings. The summed E-state index contributed by atoms with van der Waals surface area (Å²) in [5.74, 6) is 1.77. The Labute approximate surface area is 151 Å². The Bertz CT molecular complexity index is 751. The number of amides is 2. The standard InChI is InChI=1S/C18H22N4O2S/c1-24-15-5-3-2-4-14(15)19-18(23)22-10-8-13(9-11-22)17-21-20-16(25-17)12-6-7-12/h2-5,12-13H,6-11H2,1H3,(H,19,23). The fourth-order valence-electron chi connectivity index (χ4n) is 3.18. The summed E-state index contributed by atoms with van der Waals surface area (Å²) in [6.07, 6.45) is 4.41. The minimum absolute atomic E-state index is 0.0705. The zero-order valence-electron chi connectivity index (χ0n) is 14.3. The zero-order valence-corrected chi connectivity index (χ0v) is 15.1. The average molecular weight is 358 g/mol. The van der Waals surface area contributed by atoms with Crippen LogP contribution in [0.4, 0.5) is 10.5 Å². The molecule has 4 rings (SSSR count). The number of urea groups is 1. The van der Waals surface area contributed by atoms with Gasteiger partial charge >= 0.3 is 6.03 Å². The van der Waals surface area contributed by atoms with Crippen molar-refractivity contribution in [3.63, 3.8) is 0 Å². The Balaban J connectivity index is 1.33. The van der Waals surface area contributed by atoms with Crippen molar-refractivity contribution in [3.05, 3.63) is 34.3 Å². The molecule has 0 unspecified atom stereocenters. The molecule has 132 valence electrons. The molecule has 1 N–H and O–H groups in total.